The summed E-state index contributed by atoms with van der Waals surface area (Å²) in [6.45, 7) is 11.1. The van der Waals surface area contributed by atoms with E-state index in [1.165, 1.54) is 18.3 Å². The van der Waals surface area contributed by atoms with Crippen LogP contribution in [0.3, 0.4) is 0 Å². The third-order valence-electron chi connectivity index (χ3n) is 4.73. The van der Waals surface area contributed by atoms with E-state index in [4.69, 9.17) is 9.88 Å². The van der Waals surface area contributed by atoms with Crippen LogP contribution in [0.5, 0.6) is 0 Å². The van der Waals surface area contributed by atoms with Gasteiger partial charge in [0.25, 0.3) is 0 Å². The molecule has 3 N–H and O–H groups in total. The first-order chi connectivity index (χ1) is 12.8. The van der Waals surface area contributed by atoms with Gasteiger partial charge in [-0.1, -0.05) is 0 Å². The van der Waals surface area contributed by atoms with Gasteiger partial charge < -0.3 is 15.0 Å². The molecule has 1 aliphatic heterocycles. The number of nitrogens with zero attached hydrogens (tertiary/aromatic N) is 2. The molecule has 1 atom stereocenters. The number of hydrogen-bond acceptors (Lipinski definition) is 6. The molecule has 28 heavy (non-hydrogen) atoms. The molecule has 1 aromatic rings. The fourth-order valence-corrected chi connectivity index (χ4v) is 4.04. The third-order valence-corrected chi connectivity index (χ3v) is 5.64. The first kappa shape index (κ1) is 22.4. The van der Waals surface area contributed by atoms with Gasteiger partial charge in [-0.15, -0.1) is 0 Å². The van der Waals surface area contributed by atoms with E-state index in [9.17, 15) is 13.2 Å². The van der Waals surface area contributed by atoms with E-state index < -0.39 is 15.6 Å². The molecule has 0 spiro atoms. The second-order valence-electron chi connectivity index (χ2n) is 8.96. The van der Waals surface area contributed by atoms with Gasteiger partial charge in [-0.05, 0) is 65.9 Å². The van der Waals surface area contributed by atoms with Crippen LogP contribution < -0.4 is 10.5 Å². The Balaban J connectivity index is 1.83. The summed E-state index contributed by atoms with van der Waals surface area (Å²) in [6, 6.07) is 2.80. The molecule has 1 aromatic heterocycles. The number of amides is 1. The maximum Gasteiger partial charge on any atom is 0.410 e. The van der Waals surface area contributed by atoms with Crippen LogP contribution in [0, 0.1) is 5.92 Å². The number of sulfonamides is 1. The Bertz CT molecular complexity index is 802. The Kier molecular flexibility index (Phi) is 6.60. The van der Waals surface area contributed by atoms with Crippen molar-refractivity contribution in [3.8, 4) is 0 Å². The Morgan fingerprint density at radius 2 is 2.11 bits per heavy atom. The highest BCUT2D eigenvalue weighted by Crippen LogP contribution is 2.36. The van der Waals surface area contributed by atoms with Crippen LogP contribution in [-0.2, 0) is 14.8 Å². The van der Waals surface area contributed by atoms with Crippen LogP contribution in [0.1, 0.15) is 53.9 Å². The van der Waals surface area contributed by atoms with Gasteiger partial charge in [-0.3, -0.25) is 0 Å². The van der Waals surface area contributed by atoms with Crippen LogP contribution in [0.25, 0.3) is 0 Å². The zero-order valence-electron chi connectivity index (χ0n) is 17.4. The summed E-state index contributed by atoms with van der Waals surface area (Å²) in [5, 5.41) is 8.27. The van der Waals surface area contributed by atoms with Crippen molar-refractivity contribution in [2.24, 2.45) is 11.1 Å². The van der Waals surface area contributed by atoms with E-state index in [-0.39, 0.29) is 16.5 Å². The van der Waals surface area contributed by atoms with E-state index in [1.807, 2.05) is 25.7 Å². The van der Waals surface area contributed by atoms with E-state index in [0.29, 0.717) is 24.8 Å². The third kappa shape index (κ3) is 6.34. The van der Waals surface area contributed by atoms with Crippen molar-refractivity contribution in [1.82, 2.24) is 9.88 Å². The number of carbonyl (C=O) groups excluding carboxylic acids is 1. The highest BCUT2D eigenvalue weighted by molar-refractivity contribution is 7.89. The molecule has 0 saturated carbocycles. The zero-order chi connectivity index (χ0) is 21.2. The van der Waals surface area contributed by atoms with E-state index >= 15 is 0 Å². The monoisotopic (exact) mass is 412 g/mol. The number of hydrogen-bond donors (Lipinski definition) is 2. The lowest BCUT2D eigenvalue weighted by molar-refractivity contribution is 0.0131. The number of anilines is 1. The summed E-state index contributed by atoms with van der Waals surface area (Å²) in [5.41, 5.74) is -0.737. The molecule has 2 heterocycles. The smallest absolute Gasteiger partial charge is 0.410 e. The SMILES string of the molecule is CC(C)(C)OC(=O)N1CC(CCCNc2cc(S(N)(=O)=O)ccn2)CC1(C)C. The second-order valence-corrected chi connectivity index (χ2v) is 10.5. The fourth-order valence-electron chi connectivity index (χ4n) is 3.51. The number of carbonyl (C=O) groups is 1. The molecule has 2 rings (SSSR count). The molecule has 1 unspecified atom stereocenters. The first-order valence-corrected chi connectivity index (χ1v) is 11.1. The van der Waals surface area contributed by atoms with Crippen LogP contribution in [0.2, 0.25) is 0 Å². The lowest BCUT2D eigenvalue weighted by Crippen LogP contribution is -2.45. The van der Waals surface area contributed by atoms with Crippen molar-refractivity contribution >= 4 is 21.9 Å². The average Bonchev–Trinajstić information content (AvgIpc) is 2.84. The first-order valence-electron chi connectivity index (χ1n) is 9.51. The molecular formula is C19H32N4O4S. The van der Waals surface area contributed by atoms with Crippen LogP contribution in [0.15, 0.2) is 23.2 Å². The van der Waals surface area contributed by atoms with Crippen LogP contribution >= 0.6 is 0 Å². The Morgan fingerprint density at radius 3 is 2.71 bits per heavy atom. The predicted molar refractivity (Wildman–Crippen MR) is 108 cm³/mol. The molecule has 1 aliphatic rings. The lowest BCUT2D eigenvalue weighted by Gasteiger charge is -2.33. The number of primary sulfonamides is 1. The maximum absolute atomic E-state index is 12.5. The van der Waals surface area contributed by atoms with Gasteiger partial charge in [0.2, 0.25) is 10.0 Å². The standard InChI is InChI=1S/C19H32N4O4S/c1-18(2,3)27-17(24)23-13-14(12-19(23,4)5)7-6-9-21-16-11-15(8-10-22-16)28(20,25)26/h8,10-11,14H,6-7,9,12-13H2,1-5H3,(H,21,22)(H2,20,25,26). The van der Waals surface area contributed by atoms with Crippen molar-refractivity contribution < 1.29 is 17.9 Å². The van der Waals surface area contributed by atoms with Gasteiger partial charge in [-0.2, -0.15) is 0 Å². The molecule has 0 radical (unpaired) electrons. The topological polar surface area (TPSA) is 115 Å². The molecule has 8 nitrogen and oxygen atoms in total. The van der Waals surface area contributed by atoms with E-state index in [1.54, 1.807) is 0 Å². The summed E-state index contributed by atoms with van der Waals surface area (Å²) in [4.78, 5) is 18.5. The number of nitrogens with one attached hydrogen (secondary N) is 1. The van der Waals surface area contributed by atoms with Gasteiger partial charge in [0, 0.05) is 30.9 Å². The maximum atomic E-state index is 12.5. The van der Waals surface area contributed by atoms with Crippen molar-refractivity contribution in [3.63, 3.8) is 0 Å². The molecule has 1 fully saturated rings. The Labute approximate surface area is 167 Å². The van der Waals surface area contributed by atoms with Gasteiger partial charge in [0.05, 0.1) is 4.90 Å². The van der Waals surface area contributed by atoms with Crippen molar-refractivity contribution in [1.29, 1.82) is 0 Å². The highest BCUT2D eigenvalue weighted by Gasteiger charge is 2.42. The molecule has 1 saturated heterocycles. The van der Waals surface area contributed by atoms with Crippen molar-refractivity contribution in [2.75, 3.05) is 18.4 Å². The van der Waals surface area contributed by atoms with Gasteiger partial charge in [0.15, 0.2) is 0 Å². The van der Waals surface area contributed by atoms with Crippen LogP contribution in [-0.4, -0.2) is 48.6 Å². The summed E-state index contributed by atoms with van der Waals surface area (Å²) in [7, 11) is -3.74. The minimum Gasteiger partial charge on any atom is -0.444 e. The van der Waals surface area contributed by atoms with Gasteiger partial charge in [-0.25, -0.2) is 23.3 Å². The molecule has 158 valence electrons. The molecule has 9 heteroatoms. The predicted octanol–water partition coefficient (Wildman–Crippen LogP) is 2.96. The van der Waals surface area contributed by atoms with Crippen molar-refractivity contribution in [2.45, 2.75) is 69.9 Å². The number of pyridine rings is 1. The summed E-state index contributed by atoms with van der Waals surface area (Å²) in [5.74, 6) is 0.877. The van der Waals surface area contributed by atoms with Gasteiger partial charge >= 0.3 is 6.09 Å². The minimum absolute atomic E-state index is 0.0375. The Hall–Kier alpha value is -1.87. The average molecular weight is 413 g/mol. The molecule has 0 aromatic carbocycles. The zero-order valence-corrected chi connectivity index (χ0v) is 18.2. The van der Waals surface area contributed by atoms with Crippen LogP contribution in [0.4, 0.5) is 10.6 Å². The number of rotatable bonds is 6. The van der Waals surface area contributed by atoms with Crippen molar-refractivity contribution in [3.05, 3.63) is 18.3 Å². The molecule has 1 amide bonds. The minimum atomic E-state index is -3.74. The van der Waals surface area contributed by atoms with E-state index in [2.05, 4.69) is 24.1 Å². The fraction of sp³-hybridized carbons (Fsp3) is 0.684. The van der Waals surface area contributed by atoms with E-state index in [0.717, 1.165) is 19.3 Å². The highest BCUT2D eigenvalue weighted by atomic mass is 32.2. The summed E-state index contributed by atoms with van der Waals surface area (Å²) < 4.78 is 28.3. The number of likely N-dealkylation sites (tertiary alicyclic amines) is 1. The number of ether oxygens (including phenoxy) is 1. The quantitative estimate of drug-likeness (QED) is 0.694. The molecular weight excluding hydrogens is 380 g/mol. The largest absolute Gasteiger partial charge is 0.444 e. The normalized spacial score (nSPS) is 19.5. The van der Waals surface area contributed by atoms with Gasteiger partial charge in [0.1, 0.15) is 11.4 Å². The number of nitrogens with two attached hydrogens (primary N) is 1. The Morgan fingerprint density at radius 1 is 1.43 bits per heavy atom. The second kappa shape index (κ2) is 8.24. The molecule has 0 aliphatic carbocycles. The number of aromatic nitrogens is 1. The summed E-state index contributed by atoms with van der Waals surface area (Å²) >= 11 is 0. The summed E-state index contributed by atoms with van der Waals surface area (Å²) in [6.07, 6.45) is 3.91. The lowest BCUT2D eigenvalue weighted by atomic mass is 9.93. The molecule has 0 bridgehead atoms.